The highest BCUT2D eigenvalue weighted by molar-refractivity contribution is 5.24. The summed E-state index contributed by atoms with van der Waals surface area (Å²) < 4.78 is 2.08. The van der Waals surface area contributed by atoms with Crippen molar-refractivity contribution >= 4 is 0 Å². The van der Waals surface area contributed by atoms with Crippen molar-refractivity contribution in [3.05, 3.63) is 23.5 Å². The third-order valence-corrected chi connectivity index (χ3v) is 2.90. The molecule has 0 saturated heterocycles. The van der Waals surface area contributed by atoms with E-state index >= 15 is 0 Å². The number of aliphatic hydroxyl groups excluding tert-OH is 2. The summed E-state index contributed by atoms with van der Waals surface area (Å²) in [6.07, 6.45) is 6.19. The summed E-state index contributed by atoms with van der Waals surface area (Å²) in [5.74, 6) is 0. The van der Waals surface area contributed by atoms with Crippen LogP contribution in [0.4, 0.5) is 0 Å². The molecule has 1 aliphatic carbocycles. The second-order valence-electron chi connectivity index (χ2n) is 3.98. The molecule has 1 aliphatic rings. The molecule has 0 spiro atoms. The Hall–Kier alpha value is -0.800. The fraction of sp³-hybridized carbons (Fsp3) is 0.636. The van der Waals surface area contributed by atoms with Crippen molar-refractivity contribution in [1.82, 2.24) is 4.57 Å². The lowest BCUT2D eigenvalue weighted by Gasteiger charge is -2.17. The summed E-state index contributed by atoms with van der Waals surface area (Å²) >= 11 is 0. The predicted octanol–water partition coefficient (Wildman–Crippen LogP) is 0.720. The van der Waals surface area contributed by atoms with Crippen LogP contribution < -0.4 is 0 Å². The average Bonchev–Trinajstić information content (AvgIpc) is 2.62. The maximum absolute atomic E-state index is 9.36. The van der Waals surface area contributed by atoms with E-state index in [2.05, 4.69) is 10.6 Å². The van der Waals surface area contributed by atoms with Gasteiger partial charge in [-0.05, 0) is 37.3 Å². The van der Waals surface area contributed by atoms with Crippen LogP contribution in [0.1, 0.15) is 24.1 Å². The average molecular weight is 195 g/mol. The first-order chi connectivity index (χ1) is 6.81. The van der Waals surface area contributed by atoms with E-state index in [0.717, 1.165) is 12.8 Å². The summed E-state index contributed by atoms with van der Waals surface area (Å²) in [6, 6.07) is 2.14. The molecule has 14 heavy (non-hydrogen) atoms. The van der Waals surface area contributed by atoms with Crippen LogP contribution >= 0.6 is 0 Å². The number of rotatable bonds is 3. The van der Waals surface area contributed by atoms with E-state index in [1.807, 2.05) is 6.20 Å². The molecule has 1 aromatic rings. The molecule has 0 amide bonds. The van der Waals surface area contributed by atoms with E-state index < -0.39 is 6.10 Å². The summed E-state index contributed by atoms with van der Waals surface area (Å²) in [6.45, 7) is 0.360. The second kappa shape index (κ2) is 4.15. The van der Waals surface area contributed by atoms with Gasteiger partial charge in [0.05, 0.1) is 19.3 Å². The van der Waals surface area contributed by atoms with Crippen molar-refractivity contribution in [3.63, 3.8) is 0 Å². The molecular weight excluding hydrogens is 178 g/mol. The number of nitrogens with zero attached hydrogens (tertiary/aromatic N) is 1. The molecule has 0 radical (unpaired) electrons. The van der Waals surface area contributed by atoms with E-state index in [1.54, 1.807) is 0 Å². The number of aromatic nitrogens is 1. The molecule has 0 fully saturated rings. The van der Waals surface area contributed by atoms with Crippen LogP contribution in [0.25, 0.3) is 0 Å². The normalized spacial score (nSPS) is 17.9. The van der Waals surface area contributed by atoms with Crippen LogP contribution in [0.15, 0.2) is 12.3 Å². The van der Waals surface area contributed by atoms with Crippen molar-refractivity contribution in [2.24, 2.45) is 0 Å². The molecule has 0 aromatic carbocycles. The van der Waals surface area contributed by atoms with Gasteiger partial charge in [0.25, 0.3) is 0 Å². The molecule has 1 aromatic heterocycles. The molecule has 3 heteroatoms. The van der Waals surface area contributed by atoms with Crippen LogP contribution in [0.3, 0.4) is 0 Å². The van der Waals surface area contributed by atoms with Gasteiger partial charge in [-0.15, -0.1) is 0 Å². The lowest BCUT2D eigenvalue weighted by Crippen LogP contribution is -2.21. The van der Waals surface area contributed by atoms with Crippen molar-refractivity contribution in [1.29, 1.82) is 0 Å². The van der Waals surface area contributed by atoms with Gasteiger partial charge in [0.15, 0.2) is 0 Å². The first-order valence-electron chi connectivity index (χ1n) is 5.27. The van der Waals surface area contributed by atoms with E-state index in [0.29, 0.717) is 6.54 Å². The minimum atomic E-state index is -0.631. The van der Waals surface area contributed by atoms with Crippen LogP contribution in [0.5, 0.6) is 0 Å². The molecule has 78 valence electrons. The van der Waals surface area contributed by atoms with Gasteiger partial charge >= 0.3 is 0 Å². The van der Waals surface area contributed by atoms with Crippen LogP contribution in [-0.4, -0.2) is 27.5 Å². The monoisotopic (exact) mass is 195 g/mol. The first-order valence-corrected chi connectivity index (χ1v) is 5.27. The summed E-state index contributed by atoms with van der Waals surface area (Å²) in [4.78, 5) is 0. The molecule has 1 atom stereocenters. The van der Waals surface area contributed by atoms with Gasteiger partial charge in [-0.3, -0.25) is 0 Å². The molecule has 3 nitrogen and oxygen atoms in total. The molecule has 1 unspecified atom stereocenters. The predicted molar refractivity (Wildman–Crippen MR) is 54.2 cm³/mol. The standard InChI is InChI=1S/C11H17NO2/c13-8-10(14)7-12-6-5-9-3-1-2-4-11(9)12/h5-6,10,13-14H,1-4,7-8H2. The Bertz CT molecular complexity index is 306. The van der Waals surface area contributed by atoms with Gasteiger partial charge in [-0.25, -0.2) is 0 Å². The molecule has 2 N–H and O–H groups in total. The second-order valence-corrected chi connectivity index (χ2v) is 3.98. The van der Waals surface area contributed by atoms with Gasteiger partial charge in [0.2, 0.25) is 0 Å². The highest BCUT2D eigenvalue weighted by Gasteiger charge is 2.14. The minimum absolute atomic E-state index is 0.160. The van der Waals surface area contributed by atoms with Gasteiger partial charge in [0.1, 0.15) is 0 Å². The molecule has 0 saturated carbocycles. The maximum Gasteiger partial charge on any atom is 0.0949 e. The van der Waals surface area contributed by atoms with Gasteiger partial charge in [0, 0.05) is 11.9 Å². The third kappa shape index (κ3) is 1.83. The number of fused-ring (bicyclic) bond motifs is 1. The lowest BCUT2D eigenvalue weighted by molar-refractivity contribution is 0.0805. The molecular formula is C11H17NO2. The summed E-state index contributed by atoms with van der Waals surface area (Å²) in [5, 5.41) is 18.1. The van der Waals surface area contributed by atoms with Crippen LogP contribution in [0.2, 0.25) is 0 Å². The molecule has 0 bridgehead atoms. The quantitative estimate of drug-likeness (QED) is 0.746. The highest BCUT2D eigenvalue weighted by Crippen LogP contribution is 2.22. The largest absolute Gasteiger partial charge is 0.394 e. The zero-order valence-corrected chi connectivity index (χ0v) is 8.32. The Morgan fingerprint density at radius 3 is 2.93 bits per heavy atom. The van der Waals surface area contributed by atoms with Crippen molar-refractivity contribution in [2.45, 2.75) is 38.3 Å². The van der Waals surface area contributed by atoms with Gasteiger partial charge in [-0.2, -0.15) is 0 Å². The van der Waals surface area contributed by atoms with Crippen molar-refractivity contribution < 1.29 is 10.2 Å². The van der Waals surface area contributed by atoms with Crippen molar-refractivity contribution in [2.75, 3.05) is 6.61 Å². The van der Waals surface area contributed by atoms with Gasteiger partial charge in [-0.1, -0.05) is 0 Å². The summed E-state index contributed by atoms with van der Waals surface area (Å²) in [7, 11) is 0. The lowest BCUT2D eigenvalue weighted by atomic mass is 9.98. The van der Waals surface area contributed by atoms with E-state index in [4.69, 9.17) is 5.11 Å². The smallest absolute Gasteiger partial charge is 0.0949 e. The molecule has 0 aliphatic heterocycles. The Kier molecular flexibility index (Phi) is 2.89. The highest BCUT2D eigenvalue weighted by atomic mass is 16.3. The summed E-state index contributed by atoms with van der Waals surface area (Å²) in [5.41, 5.74) is 2.77. The van der Waals surface area contributed by atoms with E-state index in [9.17, 15) is 5.11 Å². The fourth-order valence-corrected chi connectivity index (χ4v) is 2.15. The third-order valence-electron chi connectivity index (χ3n) is 2.90. The molecule has 2 rings (SSSR count). The minimum Gasteiger partial charge on any atom is -0.394 e. The van der Waals surface area contributed by atoms with E-state index in [1.165, 1.54) is 24.1 Å². The molecule has 1 heterocycles. The number of aliphatic hydroxyl groups is 2. The Balaban J connectivity index is 2.14. The van der Waals surface area contributed by atoms with Crippen molar-refractivity contribution in [3.8, 4) is 0 Å². The van der Waals surface area contributed by atoms with Gasteiger partial charge < -0.3 is 14.8 Å². The Morgan fingerprint density at radius 2 is 2.14 bits per heavy atom. The number of hydrogen-bond donors (Lipinski definition) is 2. The first kappa shape index (κ1) is 9.74. The maximum atomic E-state index is 9.36. The SMILES string of the molecule is OCC(O)Cn1ccc2c1CCCC2. The van der Waals surface area contributed by atoms with Crippen LogP contribution in [0, 0.1) is 0 Å². The van der Waals surface area contributed by atoms with E-state index in [-0.39, 0.29) is 6.61 Å². The number of hydrogen-bond acceptors (Lipinski definition) is 2. The zero-order valence-electron chi connectivity index (χ0n) is 8.32. The Labute approximate surface area is 84.0 Å². The topological polar surface area (TPSA) is 45.4 Å². The number of aryl methyl sites for hydroxylation is 1. The zero-order chi connectivity index (χ0) is 9.97. The van der Waals surface area contributed by atoms with Crippen LogP contribution in [-0.2, 0) is 19.4 Å². The Morgan fingerprint density at radius 1 is 1.36 bits per heavy atom. The fourth-order valence-electron chi connectivity index (χ4n) is 2.15.